The average Bonchev–Trinajstić information content (AvgIpc) is 1.99. The Bertz CT molecular complexity index is 184. The first-order chi connectivity index (χ1) is 5.93. The molecule has 13 heavy (non-hydrogen) atoms. The van der Waals surface area contributed by atoms with Crippen LogP contribution in [0.1, 0.15) is 13.8 Å². The first kappa shape index (κ1) is 12.1. The maximum Gasteiger partial charge on any atom is 0.326 e. The number of esters is 1. The predicted molar refractivity (Wildman–Crippen MR) is 50.3 cm³/mol. The highest BCUT2D eigenvalue weighted by Crippen LogP contribution is 2.09. The smallest absolute Gasteiger partial charge is 0.326 e. The molecule has 0 aromatic heterocycles. The average molecular weight is 187 g/mol. The quantitative estimate of drug-likeness (QED) is 0.472. The molecule has 0 aromatic rings. The molecule has 0 aliphatic heterocycles. The monoisotopic (exact) mass is 187 g/mol. The summed E-state index contributed by atoms with van der Waals surface area (Å²) in [6.45, 7) is 6.67. The van der Waals surface area contributed by atoms with Gasteiger partial charge in [0.15, 0.2) is 0 Å². The SMILES string of the molecule is C=CCOC(=O)[C@@H](NC)C(C)(C)O. The highest BCUT2D eigenvalue weighted by atomic mass is 16.5. The first-order valence-corrected chi connectivity index (χ1v) is 4.10. The number of nitrogens with one attached hydrogen (secondary N) is 1. The van der Waals surface area contributed by atoms with Crippen molar-refractivity contribution in [3.05, 3.63) is 12.7 Å². The summed E-state index contributed by atoms with van der Waals surface area (Å²) in [6.07, 6.45) is 1.48. The van der Waals surface area contributed by atoms with Crippen molar-refractivity contribution in [2.24, 2.45) is 0 Å². The van der Waals surface area contributed by atoms with E-state index >= 15 is 0 Å². The molecule has 2 N–H and O–H groups in total. The number of aliphatic hydroxyl groups is 1. The molecular formula is C9H17NO3. The fourth-order valence-electron chi connectivity index (χ4n) is 0.984. The molecule has 4 heteroatoms. The maximum atomic E-state index is 11.3. The van der Waals surface area contributed by atoms with E-state index in [1.165, 1.54) is 6.08 Å². The summed E-state index contributed by atoms with van der Waals surface area (Å²) in [6, 6.07) is -0.715. The van der Waals surface area contributed by atoms with Crippen molar-refractivity contribution in [2.45, 2.75) is 25.5 Å². The maximum absolute atomic E-state index is 11.3. The minimum absolute atomic E-state index is 0.160. The third-order valence-corrected chi connectivity index (χ3v) is 1.57. The second-order valence-electron chi connectivity index (χ2n) is 3.29. The Morgan fingerprint density at radius 1 is 1.77 bits per heavy atom. The van der Waals surface area contributed by atoms with Crippen LogP contribution in [0.5, 0.6) is 0 Å². The molecule has 0 unspecified atom stereocenters. The molecule has 0 fully saturated rings. The molecule has 0 spiro atoms. The van der Waals surface area contributed by atoms with E-state index in [1.807, 2.05) is 0 Å². The van der Waals surface area contributed by atoms with Gasteiger partial charge in [0.25, 0.3) is 0 Å². The first-order valence-electron chi connectivity index (χ1n) is 4.10. The molecule has 1 atom stereocenters. The molecule has 0 saturated carbocycles. The molecule has 0 aliphatic rings. The number of rotatable bonds is 5. The van der Waals surface area contributed by atoms with Gasteiger partial charge in [-0.15, -0.1) is 0 Å². The Labute approximate surface area is 78.6 Å². The van der Waals surface area contributed by atoms with Crippen LogP contribution in [0, 0.1) is 0 Å². The van der Waals surface area contributed by atoms with Gasteiger partial charge in [-0.25, -0.2) is 0 Å². The Hall–Kier alpha value is -0.870. The van der Waals surface area contributed by atoms with Crippen LogP contribution in [-0.4, -0.2) is 36.4 Å². The van der Waals surface area contributed by atoms with E-state index in [1.54, 1.807) is 20.9 Å². The van der Waals surface area contributed by atoms with E-state index in [2.05, 4.69) is 11.9 Å². The Kier molecular flexibility index (Phi) is 4.66. The minimum atomic E-state index is -1.13. The zero-order valence-corrected chi connectivity index (χ0v) is 8.33. The van der Waals surface area contributed by atoms with Crippen LogP contribution in [0.25, 0.3) is 0 Å². The van der Waals surface area contributed by atoms with Crippen LogP contribution in [0.4, 0.5) is 0 Å². The molecule has 0 bridgehead atoms. The van der Waals surface area contributed by atoms with Crippen molar-refractivity contribution in [1.82, 2.24) is 5.32 Å². The third-order valence-electron chi connectivity index (χ3n) is 1.57. The van der Waals surface area contributed by atoms with Crippen LogP contribution in [-0.2, 0) is 9.53 Å². The van der Waals surface area contributed by atoms with E-state index < -0.39 is 17.6 Å². The van der Waals surface area contributed by atoms with E-state index in [-0.39, 0.29) is 6.61 Å². The van der Waals surface area contributed by atoms with Crippen molar-refractivity contribution >= 4 is 5.97 Å². The molecule has 0 amide bonds. The highest BCUT2D eigenvalue weighted by Gasteiger charge is 2.32. The summed E-state index contributed by atoms with van der Waals surface area (Å²) < 4.78 is 4.79. The van der Waals surface area contributed by atoms with Gasteiger partial charge in [0.2, 0.25) is 0 Å². The largest absolute Gasteiger partial charge is 0.460 e. The number of carbonyl (C=O) groups is 1. The fraction of sp³-hybridized carbons (Fsp3) is 0.667. The van der Waals surface area contributed by atoms with Gasteiger partial charge in [-0.3, -0.25) is 4.79 Å². The Morgan fingerprint density at radius 3 is 2.62 bits per heavy atom. The summed E-state index contributed by atoms with van der Waals surface area (Å²) in [5.41, 5.74) is -1.13. The van der Waals surface area contributed by atoms with Crippen LogP contribution >= 0.6 is 0 Å². The standard InChI is InChI=1S/C9H17NO3/c1-5-6-13-8(11)7(10-4)9(2,3)12/h5,7,10,12H,1,6H2,2-4H3/t7-/m1/s1. The molecule has 4 nitrogen and oxygen atoms in total. The molecule has 0 rings (SSSR count). The Morgan fingerprint density at radius 2 is 2.31 bits per heavy atom. The van der Waals surface area contributed by atoms with Crippen LogP contribution in [0.15, 0.2) is 12.7 Å². The van der Waals surface area contributed by atoms with Crippen LogP contribution in [0.3, 0.4) is 0 Å². The van der Waals surface area contributed by atoms with Crippen molar-refractivity contribution in [3.63, 3.8) is 0 Å². The van der Waals surface area contributed by atoms with Gasteiger partial charge in [0.05, 0.1) is 5.60 Å². The second kappa shape index (κ2) is 4.99. The fourth-order valence-corrected chi connectivity index (χ4v) is 0.984. The molecule has 0 aromatic carbocycles. The number of hydrogen-bond donors (Lipinski definition) is 2. The normalized spacial score (nSPS) is 13.5. The molecule has 0 saturated heterocycles. The van der Waals surface area contributed by atoms with Gasteiger partial charge >= 0.3 is 5.97 Å². The van der Waals surface area contributed by atoms with Crippen molar-refractivity contribution in [3.8, 4) is 0 Å². The lowest BCUT2D eigenvalue weighted by molar-refractivity contribution is -0.150. The summed E-state index contributed by atoms with van der Waals surface area (Å²) in [7, 11) is 1.60. The zero-order chi connectivity index (χ0) is 10.5. The topological polar surface area (TPSA) is 58.6 Å². The lowest BCUT2D eigenvalue weighted by atomic mass is 9.99. The van der Waals surface area contributed by atoms with Gasteiger partial charge in [-0.1, -0.05) is 12.7 Å². The summed E-state index contributed by atoms with van der Waals surface area (Å²) in [5, 5.41) is 12.2. The van der Waals surface area contributed by atoms with Crippen molar-refractivity contribution in [2.75, 3.05) is 13.7 Å². The predicted octanol–water partition coefficient (Wildman–Crippen LogP) is 0.0745. The number of carbonyl (C=O) groups excluding carboxylic acids is 1. The minimum Gasteiger partial charge on any atom is -0.460 e. The Balaban J connectivity index is 4.24. The lowest BCUT2D eigenvalue weighted by Gasteiger charge is -2.26. The van der Waals surface area contributed by atoms with Gasteiger partial charge in [-0.05, 0) is 20.9 Å². The molecule has 0 heterocycles. The summed E-state index contributed by atoms with van der Waals surface area (Å²) in [4.78, 5) is 11.3. The summed E-state index contributed by atoms with van der Waals surface area (Å²) in [5.74, 6) is -0.477. The van der Waals surface area contributed by atoms with Gasteiger partial charge < -0.3 is 15.2 Å². The van der Waals surface area contributed by atoms with Crippen molar-refractivity contribution < 1.29 is 14.6 Å². The summed E-state index contributed by atoms with van der Waals surface area (Å²) >= 11 is 0. The zero-order valence-electron chi connectivity index (χ0n) is 8.33. The lowest BCUT2D eigenvalue weighted by Crippen LogP contribution is -2.51. The second-order valence-corrected chi connectivity index (χ2v) is 3.29. The number of hydrogen-bond acceptors (Lipinski definition) is 4. The number of ether oxygens (including phenoxy) is 1. The van der Waals surface area contributed by atoms with Crippen LogP contribution in [0.2, 0.25) is 0 Å². The van der Waals surface area contributed by atoms with E-state index in [0.29, 0.717) is 0 Å². The number of likely N-dealkylation sites (N-methyl/N-ethyl adjacent to an activating group) is 1. The molecule has 0 aliphatic carbocycles. The van der Waals surface area contributed by atoms with Gasteiger partial charge in [-0.2, -0.15) is 0 Å². The van der Waals surface area contributed by atoms with E-state index in [4.69, 9.17) is 4.74 Å². The molecule has 76 valence electrons. The third kappa shape index (κ3) is 4.05. The van der Waals surface area contributed by atoms with Crippen molar-refractivity contribution in [1.29, 1.82) is 0 Å². The van der Waals surface area contributed by atoms with Gasteiger partial charge in [0.1, 0.15) is 12.6 Å². The highest BCUT2D eigenvalue weighted by molar-refractivity contribution is 5.77. The van der Waals surface area contributed by atoms with E-state index in [9.17, 15) is 9.90 Å². The molecule has 0 radical (unpaired) electrons. The van der Waals surface area contributed by atoms with Crippen LogP contribution < -0.4 is 5.32 Å². The molecular weight excluding hydrogens is 170 g/mol. The van der Waals surface area contributed by atoms with Gasteiger partial charge in [0, 0.05) is 0 Å². The van der Waals surface area contributed by atoms with E-state index in [0.717, 1.165) is 0 Å².